The minimum Gasteiger partial charge on any atom is -0.497 e. The first kappa shape index (κ1) is 21.5. The molecule has 0 spiro atoms. The molecule has 3 rings (SSSR count). The lowest BCUT2D eigenvalue weighted by atomic mass is 10.2. The van der Waals surface area contributed by atoms with E-state index in [1.807, 2.05) is 24.4 Å². The van der Waals surface area contributed by atoms with Crippen LogP contribution in [-0.2, 0) is 4.79 Å². The molecule has 0 unspecified atom stereocenters. The number of thiophene rings is 1. The van der Waals surface area contributed by atoms with E-state index in [1.165, 1.54) is 11.8 Å². The molecular formula is C18H21N7O3S2. The molecule has 30 heavy (non-hydrogen) atoms. The number of anilines is 2. The van der Waals surface area contributed by atoms with Crippen molar-refractivity contribution in [1.82, 2.24) is 14.9 Å². The summed E-state index contributed by atoms with van der Waals surface area (Å²) in [6, 6.07) is 9.07. The monoisotopic (exact) mass is 447 g/mol. The van der Waals surface area contributed by atoms with Gasteiger partial charge in [0.05, 0.1) is 31.4 Å². The number of hydrogen-bond acceptors (Lipinski definition) is 10. The number of benzene rings is 1. The Morgan fingerprint density at radius 1 is 1.30 bits per heavy atom. The average molecular weight is 448 g/mol. The topological polar surface area (TPSA) is 129 Å². The van der Waals surface area contributed by atoms with Gasteiger partial charge >= 0.3 is 0 Å². The Balaban J connectivity index is 1.59. The summed E-state index contributed by atoms with van der Waals surface area (Å²) in [7, 11) is 3.08. The van der Waals surface area contributed by atoms with Gasteiger partial charge in [-0.1, -0.05) is 17.8 Å². The Morgan fingerprint density at radius 3 is 2.83 bits per heavy atom. The minimum atomic E-state index is -0.254. The number of amides is 1. The summed E-state index contributed by atoms with van der Waals surface area (Å²) in [5.74, 6) is 7.23. The molecule has 0 bridgehead atoms. The van der Waals surface area contributed by atoms with E-state index in [0.717, 1.165) is 22.4 Å². The van der Waals surface area contributed by atoms with E-state index in [1.54, 1.807) is 36.6 Å². The van der Waals surface area contributed by atoms with Gasteiger partial charge in [-0.05, 0) is 30.5 Å². The summed E-state index contributed by atoms with van der Waals surface area (Å²) in [5.41, 5.74) is 4.10. The van der Waals surface area contributed by atoms with E-state index in [9.17, 15) is 4.79 Å². The lowest BCUT2D eigenvalue weighted by Crippen LogP contribution is -2.17. The highest BCUT2D eigenvalue weighted by Gasteiger charge is 2.14. The molecule has 0 saturated heterocycles. The second-order valence-electron chi connectivity index (χ2n) is 5.87. The van der Waals surface area contributed by atoms with Crippen LogP contribution in [0.3, 0.4) is 0 Å². The first-order chi connectivity index (χ1) is 14.5. The second kappa shape index (κ2) is 9.98. The quantitative estimate of drug-likeness (QED) is 0.198. The number of thioether (sulfide) groups is 1. The molecule has 3 aromatic rings. The Labute approximate surface area is 181 Å². The summed E-state index contributed by atoms with van der Waals surface area (Å²) < 4.78 is 11.7. The molecule has 4 N–H and O–H groups in total. The zero-order valence-electron chi connectivity index (χ0n) is 16.6. The number of methoxy groups -OCH3 is 2. The van der Waals surface area contributed by atoms with Crippen LogP contribution >= 0.6 is 23.1 Å². The van der Waals surface area contributed by atoms with Crippen LogP contribution in [0.2, 0.25) is 0 Å². The zero-order chi connectivity index (χ0) is 21.5. The van der Waals surface area contributed by atoms with Crippen LogP contribution < -0.4 is 26.1 Å². The van der Waals surface area contributed by atoms with E-state index < -0.39 is 0 Å². The van der Waals surface area contributed by atoms with Crippen molar-refractivity contribution in [3.63, 3.8) is 0 Å². The normalized spacial score (nSPS) is 11.2. The predicted octanol–water partition coefficient (Wildman–Crippen LogP) is 2.64. The van der Waals surface area contributed by atoms with Gasteiger partial charge in [-0.2, -0.15) is 5.10 Å². The SMILES string of the molecule is COc1ccc(OC)c(NC(=O)CSc2nnc(N/N=C(\C)c3cccs3)n2N)c1. The third kappa shape index (κ3) is 5.21. The van der Waals surface area contributed by atoms with Gasteiger partial charge in [-0.3, -0.25) is 4.79 Å². The highest BCUT2D eigenvalue weighted by atomic mass is 32.2. The number of nitrogens with zero attached hydrogens (tertiary/aromatic N) is 4. The van der Waals surface area contributed by atoms with E-state index in [2.05, 4.69) is 26.0 Å². The number of carbonyl (C=O) groups is 1. The highest BCUT2D eigenvalue weighted by Crippen LogP contribution is 2.29. The molecule has 10 nitrogen and oxygen atoms in total. The Morgan fingerprint density at radius 2 is 2.13 bits per heavy atom. The maximum atomic E-state index is 12.4. The van der Waals surface area contributed by atoms with Crippen LogP contribution in [0.4, 0.5) is 11.6 Å². The molecule has 0 aliphatic rings. The van der Waals surface area contributed by atoms with Gasteiger partial charge in [-0.25, -0.2) is 10.1 Å². The molecule has 0 aliphatic carbocycles. The summed E-state index contributed by atoms with van der Waals surface area (Å²) in [5, 5.41) is 17.3. The van der Waals surface area contributed by atoms with Gasteiger partial charge in [0, 0.05) is 10.9 Å². The summed E-state index contributed by atoms with van der Waals surface area (Å²) >= 11 is 2.73. The zero-order valence-corrected chi connectivity index (χ0v) is 18.2. The van der Waals surface area contributed by atoms with Crippen LogP contribution in [0.5, 0.6) is 11.5 Å². The van der Waals surface area contributed by atoms with E-state index in [0.29, 0.717) is 22.3 Å². The van der Waals surface area contributed by atoms with Gasteiger partial charge in [0.2, 0.25) is 11.1 Å². The molecule has 1 amide bonds. The van der Waals surface area contributed by atoms with Crippen LogP contribution in [0.15, 0.2) is 46.0 Å². The fourth-order valence-corrected chi connectivity index (χ4v) is 3.69. The first-order valence-electron chi connectivity index (χ1n) is 8.71. The van der Waals surface area contributed by atoms with Crippen molar-refractivity contribution in [2.45, 2.75) is 12.1 Å². The second-order valence-corrected chi connectivity index (χ2v) is 7.76. The summed E-state index contributed by atoms with van der Waals surface area (Å²) in [6.45, 7) is 1.88. The summed E-state index contributed by atoms with van der Waals surface area (Å²) in [6.07, 6.45) is 0. The minimum absolute atomic E-state index is 0.0766. The molecule has 1 aromatic carbocycles. The standard InChI is InChI=1S/C18H21N7O3S2/c1-11(15-5-4-8-29-15)21-22-17-23-24-18(25(17)19)30-10-16(26)20-13-9-12(27-2)6-7-14(13)28-3/h4-9H,10,19H2,1-3H3,(H,20,26)(H,22,23)/b21-11+. The van der Waals surface area contributed by atoms with Gasteiger partial charge in [0.25, 0.3) is 5.95 Å². The Hall–Kier alpha value is -3.25. The molecule has 0 saturated carbocycles. The Kier molecular flexibility index (Phi) is 7.14. The number of nitrogen functional groups attached to an aromatic ring is 1. The molecular weight excluding hydrogens is 426 g/mol. The Bertz CT molecular complexity index is 1030. The number of ether oxygens (including phenoxy) is 2. The lowest BCUT2D eigenvalue weighted by molar-refractivity contribution is -0.113. The van der Waals surface area contributed by atoms with Crippen molar-refractivity contribution < 1.29 is 14.3 Å². The molecule has 0 atom stereocenters. The van der Waals surface area contributed by atoms with Crippen LogP contribution in [-0.4, -0.2) is 46.5 Å². The number of nitrogens with one attached hydrogen (secondary N) is 2. The van der Waals surface area contributed by atoms with Crippen molar-refractivity contribution in [3.8, 4) is 11.5 Å². The highest BCUT2D eigenvalue weighted by molar-refractivity contribution is 7.99. The van der Waals surface area contributed by atoms with Crippen LogP contribution in [0, 0.1) is 0 Å². The molecule has 0 fully saturated rings. The number of aromatic nitrogens is 3. The third-order valence-corrected chi connectivity index (χ3v) is 5.80. The maximum absolute atomic E-state index is 12.4. The number of rotatable bonds is 9. The number of hydrogen-bond donors (Lipinski definition) is 3. The molecule has 12 heteroatoms. The molecule has 0 aliphatic heterocycles. The molecule has 2 heterocycles. The van der Waals surface area contributed by atoms with Crippen molar-refractivity contribution in [3.05, 3.63) is 40.6 Å². The van der Waals surface area contributed by atoms with Crippen LogP contribution in [0.25, 0.3) is 0 Å². The molecule has 0 radical (unpaired) electrons. The lowest BCUT2D eigenvalue weighted by Gasteiger charge is -2.11. The van der Waals surface area contributed by atoms with Gasteiger partial charge < -0.3 is 20.6 Å². The number of nitrogens with two attached hydrogens (primary N) is 1. The average Bonchev–Trinajstić information content (AvgIpc) is 3.41. The van der Waals surface area contributed by atoms with Gasteiger partial charge in [0.1, 0.15) is 11.5 Å². The molecule has 158 valence electrons. The van der Waals surface area contributed by atoms with Crippen molar-refractivity contribution in [2.75, 3.05) is 36.6 Å². The van der Waals surface area contributed by atoms with Gasteiger partial charge in [-0.15, -0.1) is 21.5 Å². The van der Waals surface area contributed by atoms with Crippen molar-refractivity contribution in [2.24, 2.45) is 5.10 Å². The van der Waals surface area contributed by atoms with E-state index in [4.69, 9.17) is 15.3 Å². The maximum Gasteiger partial charge on any atom is 0.264 e. The van der Waals surface area contributed by atoms with Gasteiger partial charge in [0.15, 0.2) is 0 Å². The van der Waals surface area contributed by atoms with E-state index in [-0.39, 0.29) is 17.6 Å². The summed E-state index contributed by atoms with van der Waals surface area (Å²) in [4.78, 5) is 13.4. The smallest absolute Gasteiger partial charge is 0.264 e. The van der Waals surface area contributed by atoms with Crippen LogP contribution in [0.1, 0.15) is 11.8 Å². The van der Waals surface area contributed by atoms with Crippen molar-refractivity contribution in [1.29, 1.82) is 0 Å². The van der Waals surface area contributed by atoms with Crippen molar-refractivity contribution >= 4 is 46.4 Å². The van der Waals surface area contributed by atoms with E-state index >= 15 is 0 Å². The number of carbonyl (C=O) groups excluding carboxylic acids is 1. The predicted molar refractivity (Wildman–Crippen MR) is 119 cm³/mol. The fourth-order valence-electron chi connectivity index (χ4n) is 2.35. The third-order valence-electron chi connectivity index (χ3n) is 3.88. The molecule has 2 aromatic heterocycles. The first-order valence-corrected chi connectivity index (χ1v) is 10.6. The largest absolute Gasteiger partial charge is 0.497 e. The number of hydrazone groups is 1. The fraction of sp³-hybridized carbons (Fsp3) is 0.222.